The van der Waals surface area contributed by atoms with E-state index in [0.717, 1.165) is 49.4 Å². The molecule has 2 fully saturated rings. The van der Waals surface area contributed by atoms with Gasteiger partial charge in [0.05, 0.1) is 17.4 Å². The van der Waals surface area contributed by atoms with Crippen LogP contribution in [0.25, 0.3) is 0 Å². The molecule has 1 saturated carbocycles. The predicted octanol–water partition coefficient (Wildman–Crippen LogP) is 4.67. The average Bonchev–Trinajstić information content (AvgIpc) is 3.64. The number of rotatable bonds is 5. The molecule has 5 rings (SSSR count). The number of alkyl halides is 3. The molecule has 0 radical (unpaired) electrons. The van der Waals surface area contributed by atoms with Gasteiger partial charge < -0.3 is 10.2 Å². The summed E-state index contributed by atoms with van der Waals surface area (Å²) in [5.74, 6) is 0.688. The number of benzene rings is 1. The largest absolute Gasteiger partial charge is 0.417 e. The Morgan fingerprint density at radius 3 is 2.69 bits per heavy atom. The fourth-order valence-electron chi connectivity index (χ4n) is 5.22. The Morgan fingerprint density at radius 1 is 1.17 bits per heavy atom. The van der Waals surface area contributed by atoms with E-state index in [-0.39, 0.29) is 23.6 Å². The Kier molecular flexibility index (Phi) is 6.29. The summed E-state index contributed by atoms with van der Waals surface area (Å²) >= 11 is 0. The van der Waals surface area contributed by atoms with Gasteiger partial charge in [0.15, 0.2) is 0 Å². The number of amides is 2. The number of nitrogens with zero attached hydrogens (tertiary/aromatic N) is 3. The number of aromatic nitrogens is 1. The highest BCUT2D eigenvalue weighted by Gasteiger charge is 2.35. The van der Waals surface area contributed by atoms with Crippen LogP contribution in [-0.2, 0) is 17.5 Å². The van der Waals surface area contributed by atoms with Gasteiger partial charge >= 0.3 is 6.18 Å². The van der Waals surface area contributed by atoms with Crippen LogP contribution in [0, 0.1) is 5.92 Å². The summed E-state index contributed by atoms with van der Waals surface area (Å²) in [5, 5.41) is 2.53. The molecule has 3 heterocycles. The van der Waals surface area contributed by atoms with Gasteiger partial charge in [-0.2, -0.15) is 13.2 Å². The number of nitrogens with one attached hydrogen (secondary N) is 1. The maximum absolute atomic E-state index is 13.0. The maximum Gasteiger partial charge on any atom is 0.417 e. The van der Waals surface area contributed by atoms with Gasteiger partial charge in [-0.15, -0.1) is 0 Å². The molecule has 2 amide bonds. The summed E-state index contributed by atoms with van der Waals surface area (Å²) in [6.07, 6.45) is 1.32. The standard InChI is InChI=1S/C26H29F3N4O2/c1-16-13-33(22-6-7-32(24(34)10-22)14-17-2-3-17)15-19-8-18(4-5-23(16)19)25(35)31-21-9-20(11-30-12-21)26(27,28)29/h4-5,8-9,11-12,16-17,22H,2-3,6-7,10,13-15H2,1H3,(H,31,35). The second-order valence-electron chi connectivity index (χ2n) is 10.1. The molecule has 186 valence electrons. The van der Waals surface area contributed by atoms with Gasteiger partial charge in [0.2, 0.25) is 5.91 Å². The normalized spacial score (nSPS) is 23.2. The van der Waals surface area contributed by atoms with Crippen molar-refractivity contribution in [3.63, 3.8) is 0 Å². The van der Waals surface area contributed by atoms with Gasteiger partial charge in [-0.3, -0.25) is 19.5 Å². The highest BCUT2D eigenvalue weighted by atomic mass is 19.4. The molecule has 6 nitrogen and oxygen atoms in total. The summed E-state index contributed by atoms with van der Waals surface area (Å²) in [5.41, 5.74) is 1.64. The molecule has 0 spiro atoms. The fraction of sp³-hybridized carbons (Fsp3) is 0.500. The number of fused-ring (bicyclic) bond motifs is 1. The third-order valence-electron chi connectivity index (χ3n) is 7.33. The number of carbonyl (C=O) groups is 2. The van der Waals surface area contributed by atoms with E-state index >= 15 is 0 Å². The fourth-order valence-corrected chi connectivity index (χ4v) is 5.22. The van der Waals surface area contributed by atoms with Gasteiger partial charge in [-0.1, -0.05) is 13.0 Å². The number of likely N-dealkylation sites (tertiary alicyclic amines) is 1. The first kappa shape index (κ1) is 23.8. The number of hydrogen-bond donors (Lipinski definition) is 1. The zero-order valence-corrected chi connectivity index (χ0v) is 19.6. The van der Waals surface area contributed by atoms with Gasteiger partial charge in [-0.05, 0) is 60.4 Å². The van der Waals surface area contributed by atoms with Crippen LogP contribution in [0.4, 0.5) is 18.9 Å². The number of carbonyl (C=O) groups excluding carboxylic acids is 2. The van der Waals surface area contributed by atoms with Gasteiger partial charge in [0, 0.05) is 50.4 Å². The smallest absolute Gasteiger partial charge is 0.342 e. The second kappa shape index (κ2) is 9.26. The van der Waals surface area contributed by atoms with Crippen molar-refractivity contribution in [2.75, 3.05) is 25.0 Å². The van der Waals surface area contributed by atoms with E-state index in [2.05, 4.69) is 22.1 Å². The first-order valence-corrected chi connectivity index (χ1v) is 12.2. The minimum absolute atomic E-state index is 0.00555. The van der Waals surface area contributed by atoms with E-state index in [4.69, 9.17) is 0 Å². The topological polar surface area (TPSA) is 65.5 Å². The molecule has 2 aromatic rings. The van der Waals surface area contributed by atoms with Gasteiger partial charge in [0.25, 0.3) is 5.91 Å². The van der Waals surface area contributed by atoms with Crippen molar-refractivity contribution in [1.82, 2.24) is 14.8 Å². The van der Waals surface area contributed by atoms with Crippen LogP contribution in [0.3, 0.4) is 0 Å². The van der Waals surface area contributed by atoms with Gasteiger partial charge in [-0.25, -0.2) is 0 Å². The molecule has 2 aliphatic heterocycles. The molecule has 35 heavy (non-hydrogen) atoms. The number of halogens is 3. The van der Waals surface area contributed by atoms with Crippen molar-refractivity contribution in [2.45, 2.75) is 57.3 Å². The minimum atomic E-state index is -4.53. The van der Waals surface area contributed by atoms with Crippen molar-refractivity contribution in [3.05, 3.63) is 58.9 Å². The molecule has 1 aliphatic carbocycles. The monoisotopic (exact) mass is 486 g/mol. The maximum atomic E-state index is 13.0. The molecule has 2 atom stereocenters. The Morgan fingerprint density at radius 2 is 1.97 bits per heavy atom. The number of hydrogen-bond acceptors (Lipinski definition) is 4. The summed E-state index contributed by atoms with van der Waals surface area (Å²) in [4.78, 5) is 33.5. The summed E-state index contributed by atoms with van der Waals surface area (Å²) < 4.78 is 38.9. The Bertz CT molecular complexity index is 1130. The lowest BCUT2D eigenvalue weighted by atomic mass is 9.87. The third kappa shape index (κ3) is 5.34. The molecule has 2 unspecified atom stereocenters. The summed E-state index contributed by atoms with van der Waals surface area (Å²) in [6.45, 7) is 5.33. The molecular weight excluding hydrogens is 457 g/mol. The molecule has 1 aromatic carbocycles. The van der Waals surface area contributed by atoms with Crippen molar-refractivity contribution < 1.29 is 22.8 Å². The van der Waals surface area contributed by atoms with E-state index in [1.54, 1.807) is 6.07 Å². The van der Waals surface area contributed by atoms with Crippen LogP contribution in [0.1, 0.15) is 65.6 Å². The van der Waals surface area contributed by atoms with Crippen LogP contribution >= 0.6 is 0 Å². The quantitative estimate of drug-likeness (QED) is 0.667. The minimum Gasteiger partial charge on any atom is -0.342 e. The Balaban J connectivity index is 1.27. The van der Waals surface area contributed by atoms with Crippen LogP contribution < -0.4 is 5.32 Å². The Hall–Kier alpha value is -2.94. The SMILES string of the molecule is CC1CN(C2CCN(CC3CC3)C(=O)C2)Cc2cc(C(=O)Nc3cncc(C(F)(F)F)c3)ccc21. The van der Waals surface area contributed by atoms with Crippen LogP contribution in [0.5, 0.6) is 0 Å². The van der Waals surface area contributed by atoms with Crippen molar-refractivity contribution in [2.24, 2.45) is 5.92 Å². The van der Waals surface area contributed by atoms with Crippen molar-refractivity contribution in [3.8, 4) is 0 Å². The zero-order valence-electron chi connectivity index (χ0n) is 19.6. The summed E-state index contributed by atoms with van der Waals surface area (Å²) in [7, 11) is 0. The Labute approximate surface area is 202 Å². The molecular formula is C26H29F3N4O2. The van der Waals surface area contributed by atoms with Crippen molar-refractivity contribution in [1.29, 1.82) is 0 Å². The van der Waals surface area contributed by atoms with Crippen molar-refractivity contribution >= 4 is 17.5 Å². The lowest BCUT2D eigenvalue weighted by molar-refractivity contribution is -0.138. The molecule has 1 saturated heterocycles. The van der Waals surface area contributed by atoms with E-state index in [1.807, 2.05) is 17.0 Å². The van der Waals surface area contributed by atoms with Crippen LogP contribution in [0.2, 0.25) is 0 Å². The average molecular weight is 487 g/mol. The van der Waals surface area contributed by atoms with E-state index in [9.17, 15) is 22.8 Å². The van der Waals surface area contributed by atoms with E-state index in [0.29, 0.717) is 24.4 Å². The molecule has 0 bridgehead atoms. The number of anilines is 1. The number of piperidine rings is 1. The molecule has 9 heteroatoms. The number of pyridine rings is 1. The first-order chi connectivity index (χ1) is 16.7. The third-order valence-corrected chi connectivity index (χ3v) is 7.33. The molecule has 3 aliphatic rings. The summed E-state index contributed by atoms with van der Waals surface area (Å²) in [6, 6.07) is 6.52. The molecule has 1 N–H and O–H groups in total. The zero-order chi connectivity index (χ0) is 24.7. The molecule has 1 aromatic heterocycles. The van der Waals surface area contributed by atoms with Crippen LogP contribution in [-0.4, -0.2) is 52.3 Å². The van der Waals surface area contributed by atoms with Crippen LogP contribution in [0.15, 0.2) is 36.7 Å². The predicted molar refractivity (Wildman–Crippen MR) is 125 cm³/mol. The van der Waals surface area contributed by atoms with Gasteiger partial charge in [0.1, 0.15) is 0 Å². The lowest BCUT2D eigenvalue weighted by Crippen LogP contribution is -2.49. The highest BCUT2D eigenvalue weighted by Crippen LogP contribution is 2.35. The first-order valence-electron chi connectivity index (χ1n) is 12.2. The van der Waals surface area contributed by atoms with E-state index in [1.165, 1.54) is 19.0 Å². The second-order valence-corrected chi connectivity index (χ2v) is 10.1. The lowest BCUT2D eigenvalue weighted by Gasteiger charge is -2.42. The highest BCUT2D eigenvalue weighted by molar-refractivity contribution is 6.04. The van der Waals surface area contributed by atoms with E-state index < -0.39 is 17.6 Å².